The molecule has 3 atom stereocenters. The molecule has 3 aromatic rings. The summed E-state index contributed by atoms with van der Waals surface area (Å²) in [5.41, 5.74) is 3.04. The highest BCUT2D eigenvalue weighted by molar-refractivity contribution is 5.94. The number of halogens is 2. The van der Waals surface area contributed by atoms with E-state index in [1.54, 1.807) is 18.2 Å². The lowest BCUT2D eigenvalue weighted by Gasteiger charge is -2.47. The average molecular weight is 424 g/mol. The van der Waals surface area contributed by atoms with Crippen LogP contribution in [0, 0.1) is 23.0 Å². The Kier molecular flexibility index (Phi) is 3.66. The normalized spacial score (nSPS) is 30.9. The number of phenolic OH excluding ortho intramolecular Hbond substituents is 1. The lowest BCUT2D eigenvalue weighted by Crippen LogP contribution is -2.46. The number of ether oxygens (including phenoxy) is 1. The van der Waals surface area contributed by atoms with Gasteiger partial charge < -0.3 is 14.4 Å². The Balaban J connectivity index is 1.70. The molecule has 1 aromatic heterocycles. The van der Waals surface area contributed by atoms with Crippen LogP contribution in [0.2, 0.25) is 0 Å². The fourth-order valence-corrected chi connectivity index (χ4v) is 6.23. The zero-order valence-corrected chi connectivity index (χ0v) is 18.1. The predicted molar refractivity (Wildman–Crippen MR) is 116 cm³/mol. The monoisotopic (exact) mass is 423 g/mol. The molecular formula is C26H27F2NO2. The third-order valence-electron chi connectivity index (χ3n) is 8.15. The van der Waals surface area contributed by atoms with Crippen LogP contribution in [0.4, 0.5) is 8.78 Å². The summed E-state index contributed by atoms with van der Waals surface area (Å²) in [6, 6.07) is 9.48. The number of rotatable bonds is 1. The van der Waals surface area contributed by atoms with Gasteiger partial charge in [-0.25, -0.2) is 8.78 Å². The molecular weight excluding hydrogens is 396 g/mol. The third-order valence-corrected chi connectivity index (χ3v) is 8.15. The highest BCUT2D eigenvalue weighted by atomic mass is 19.2. The Morgan fingerprint density at radius 2 is 1.84 bits per heavy atom. The van der Waals surface area contributed by atoms with Crippen molar-refractivity contribution in [3.05, 3.63) is 59.3 Å². The van der Waals surface area contributed by atoms with E-state index in [1.165, 1.54) is 18.6 Å². The minimum atomic E-state index is -0.876. The number of hydrogen-bond donors (Lipinski definition) is 1. The number of nitrogens with zero attached hydrogens (tertiary/aromatic N) is 1. The summed E-state index contributed by atoms with van der Waals surface area (Å²) < 4.78 is 36.7. The van der Waals surface area contributed by atoms with Crippen molar-refractivity contribution < 1.29 is 18.6 Å². The van der Waals surface area contributed by atoms with E-state index in [0.717, 1.165) is 41.4 Å². The van der Waals surface area contributed by atoms with Crippen molar-refractivity contribution in [2.75, 3.05) is 6.61 Å². The fourth-order valence-electron chi connectivity index (χ4n) is 6.23. The largest absolute Gasteiger partial charge is 0.507 e. The molecule has 0 radical (unpaired) electrons. The van der Waals surface area contributed by atoms with Crippen molar-refractivity contribution in [2.24, 2.45) is 11.3 Å². The summed E-state index contributed by atoms with van der Waals surface area (Å²) >= 11 is 0. The highest BCUT2D eigenvalue weighted by Gasteiger charge is 2.61. The van der Waals surface area contributed by atoms with Gasteiger partial charge in [0.1, 0.15) is 5.75 Å². The van der Waals surface area contributed by atoms with Crippen LogP contribution in [-0.2, 0) is 15.8 Å². The van der Waals surface area contributed by atoms with E-state index < -0.39 is 17.2 Å². The molecule has 2 saturated carbocycles. The van der Waals surface area contributed by atoms with Crippen molar-refractivity contribution in [3.8, 4) is 11.4 Å². The molecule has 2 aliphatic carbocycles. The van der Waals surface area contributed by atoms with Gasteiger partial charge in [-0.1, -0.05) is 26.8 Å². The Morgan fingerprint density at radius 3 is 2.58 bits per heavy atom. The molecule has 1 unspecified atom stereocenters. The van der Waals surface area contributed by atoms with E-state index in [1.807, 2.05) is 10.6 Å². The second kappa shape index (κ2) is 5.89. The summed E-state index contributed by atoms with van der Waals surface area (Å²) in [6.07, 6.45) is 4.18. The van der Waals surface area contributed by atoms with Gasteiger partial charge in [0.05, 0.1) is 17.7 Å². The van der Waals surface area contributed by atoms with E-state index in [-0.39, 0.29) is 11.2 Å². The van der Waals surface area contributed by atoms with E-state index in [2.05, 4.69) is 20.8 Å². The van der Waals surface area contributed by atoms with E-state index in [4.69, 9.17) is 4.74 Å². The van der Waals surface area contributed by atoms with Crippen LogP contribution >= 0.6 is 0 Å². The minimum absolute atomic E-state index is 0.208. The molecule has 1 aliphatic heterocycles. The molecule has 0 amide bonds. The average Bonchev–Trinajstić information content (AvgIpc) is 3.23. The maximum atomic E-state index is 14.3. The smallest absolute Gasteiger partial charge is 0.160 e. The van der Waals surface area contributed by atoms with E-state index >= 15 is 0 Å². The number of fused-ring (bicyclic) bond motifs is 5. The first-order valence-electron chi connectivity index (χ1n) is 11.1. The van der Waals surface area contributed by atoms with Gasteiger partial charge in [-0.2, -0.15) is 0 Å². The molecule has 6 rings (SSSR count). The van der Waals surface area contributed by atoms with Crippen LogP contribution < -0.4 is 0 Å². The molecule has 162 valence electrons. The second-order valence-corrected chi connectivity index (χ2v) is 10.8. The lowest BCUT2D eigenvalue weighted by molar-refractivity contribution is -0.113. The van der Waals surface area contributed by atoms with Gasteiger partial charge in [0.25, 0.3) is 0 Å². The summed E-state index contributed by atoms with van der Waals surface area (Å²) in [5, 5.41) is 11.8. The lowest BCUT2D eigenvalue weighted by atomic mass is 9.70. The van der Waals surface area contributed by atoms with Gasteiger partial charge in [-0.05, 0) is 61.3 Å². The van der Waals surface area contributed by atoms with Crippen LogP contribution in [-0.4, -0.2) is 16.3 Å². The SMILES string of the molecule is CC1(C)CO[C@@]2(CC[C@]3(C)CC3C2)c2c1n(-c1ccc(F)c(F)c1)c1cccc(O)c21. The number of aromatic hydroxyl groups is 1. The molecule has 3 aliphatic rings. The van der Waals surface area contributed by atoms with Crippen LogP contribution in [0.3, 0.4) is 0 Å². The molecule has 0 saturated heterocycles. The number of benzene rings is 2. The summed E-state index contributed by atoms with van der Waals surface area (Å²) in [6.45, 7) is 7.15. The Hall–Kier alpha value is -2.40. The zero-order chi connectivity index (χ0) is 21.8. The summed E-state index contributed by atoms with van der Waals surface area (Å²) in [7, 11) is 0. The van der Waals surface area contributed by atoms with Crippen molar-refractivity contribution in [2.45, 2.75) is 57.5 Å². The minimum Gasteiger partial charge on any atom is -0.507 e. The zero-order valence-electron chi connectivity index (χ0n) is 18.1. The van der Waals surface area contributed by atoms with Crippen LogP contribution in [0.5, 0.6) is 5.75 Å². The van der Waals surface area contributed by atoms with Gasteiger partial charge in [0, 0.05) is 33.8 Å². The quantitative estimate of drug-likeness (QED) is 0.496. The second-order valence-electron chi connectivity index (χ2n) is 10.8. The van der Waals surface area contributed by atoms with Crippen molar-refractivity contribution in [1.82, 2.24) is 4.57 Å². The van der Waals surface area contributed by atoms with E-state index in [0.29, 0.717) is 23.6 Å². The fraction of sp³-hybridized carbons (Fsp3) is 0.462. The van der Waals surface area contributed by atoms with Crippen LogP contribution in [0.25, 0.3) is 16.6 Å². The maximum absolute atomic E-state index is 14.3. The van der Waals surface area contributed by atoms with Crippen LogP contribution in [0.15, 0.2) is 36.4 Å². The molecule has 2 fully saturated rings. The summed E-state index contributed by atoms with van der Waals surface area (Å²) in [5.74, 6) is -0.904. The first-order chi connectivity index (χ1) is 14.7. The standard InChI is InChI=1S/C26H27F2NO2/c1-24(2)14-31-26(10-9-25(3)12-15(25)13-26)22-21-19(5-4-6-20(21)30)29(23(22)24)16-7-8-17(27)18(28)11-16/h4-8,11,15,30H,9-10,12-14H2,1-3H3/t15?,25-,26-/m1/s1. The number of hydrogen-bond acceptors (Lipinski definition) is 2. The molecule has 5 heteroatoms. The molecule has 1 spiro atoms. The molecule has 1 N–H and O–H groups in total. The first kappa shape index (κ1) is 19.3. The van der Waals surface area contributed by atoms with Gasteiger partial charge in [0.2, 0.25) is 0 Å². The predicted octanol–water partition coefficient (Wildman–Crippen LogP) is 6.33. The van der Waals surface area contributed by atoms with Crippen LogP contribution in [0.1, 0.15) is 57.7 Å². The highest BCUT2D eigenvalue weighted by Crippen LogP contribution is 2.67. The third kappa shape index (κ3) is 2.53. The maximum Gasteiger partial charge on any atom is 0.160 e. The molecule has 3 nitrogen and oxygen atoms in total. The molecule has 2 heterocycles. The van der Waals surface area contributed by atoms with Crippen molar-refractivity contribution in [3.63, 3.8) is 0 Å². The van der Waals surface area contributed by atoms with Gasteiger partial charge in [-0.3, -0.25) is 0 Å². The Labute approximate surface area is 180 Å². The molecule has 0 bridgehead atoms. The van der Waals surface area contributed by atoms with Gasteiger partial charge >= 0.3 is 0 Å². The van der Waals surface area contributed by atoms with E-state index in [9.17, 15) is 13.9 Å². The first-order valence-corrected chi connectivity index (χ1v) is 11.1. The van der Waals surface area contributed by atoms with Crippen molar-refractivity contribution >= 4 is 10.9 Å². The number of aromatic nitrogens is 1. The Bertz CT molecular complexity index is 1250. The number of phenols is 1. The molecule has 2 aromatic carbocycles. The summed E-state index contributed by atoms with van der Waals surface area (Å²) in [4.78, 5) is 0. The molecule has 31 heavy (non-hydrogen) atoms. The van der Waals surface area contributed by atoms with Gasteiger partial charge in [-0.15, -0.1) is 0 Å². The topological polar surface area (TPSA) is 34.4 Å². The van der Waals surface area contributed by atoms with Gasteiger partial charge in [0.15, 0.2) is 11.6 Å². The van der Waals surface area contributed by atoms with Crippen molar-refractivity contribution in [1.29, 1.82) is 0 Å². The Morgan fingerprint density at radius 1 is 1.03 bits per heavy atom.